The lowest BCUT2D eigenvalue weighted by Gasteiger charge is -2.32. The highest BCUT2D eigenvalue weighted by molar-refractivity contribution is 6.34. The third kappa shape index (κ3) is 22.8. The molecule has 0 fully saturated rings. The molecule has 0 aliphatic carbocycles. The summed E-state index contributed by atoms with van der Waals surface area (Å²) in [6.45, 7) is 20.3. The van der Waals surface area contributed by atoms with E-state index in [9.17, 15) is 43.2 Å². The molecule has 0 unspecified atom stereocenters. The second-order valence-corrected chi connectivity index (χ2v) is 21.0. The van der Waals surface area contributed by atoms with Crippen LogP contribution in [0.1, 0.15) is 138 Å². The number of carbonyl (C=O) groups excluding carboxylic acids is 9. The van der Waals surface area contributed by atoms with Gasteiger partial charge in [-0.3, -0.25) is 28.8 Å². The van der Waals surface area contributed by atoms with Crippen molar-refractivity contribution in [3.05, 3.63) is 59.1 Å². The topological polar surface area (TPSA) is 239 Å². The number of benzene rings is 2. The molecule has 0 saturated heterocycles. The lowest BCUT2D eigenvalue weighted by Crippen LogP contribution is -2.53. The van der Waals surface area contributed by atoms with Gasteiger partial charge in [0.2, 0.25) is 17.6 Å². The first-order valence-corrected chi connectivity index (χ1v) is 24.1. The van der Waals surface area contributed by atoms with E-state index in [4.69, 9.17) is 25.8 Å². The second-order valence-electron chi connectivity index (χ2n) is 20.5. The van der Waals surface area contributed by atoms with Crippen molar-refractivity contribution in [2.75, 3.05) is 20.2 Å². The number of nitrogens with one attached hydrogen (secondary N) is 4. The molecule has 17 nitrogen and oxygen atoms in total. The van der Waals surface area contributed by atoms with E-state index < -0.39 is 106 Å². The fourth-order valence-corrected chi connectivity index (χ4v) is 7.27. The van der Waals surface area contributed by atoms with E-state index in [0.29, 0.717) is 23.4 Å². The van der Waals surface area contributed by atoms with E-state index >= 15 is 0 Å². The smallest absolute Gasteiger partial charge is 0.407 e. The van der Waals surface area contributed by atoms with E-state index in [2.05, 4.69) is 26.0 Å². The number of rotatable bonds is 26. The molecule has 0 saturated carbocycles. The van der Waals surface area contributed by atoms with Crippen molar-refractivity contribution < 1.29 is 62.1 Å². The van der Waals surface area contributed by atoms with E-state index in [0.717, 1.165) is 18.2 Å². The summed E-state index contributed by atoms with van der Waals surface area (Å²) in [4.78, 5) is 119. The van der Waals surface area contributed by atoms with Crippen LogP contribution in [0.3, 0.4) is 0 Å². The van der Waals surface area contributed by atoms with E-state index in [1.54, 1.807) is 106 Å². The summed E-state index contributed by atoms with van der Waals surface area (Å²) in [7, 11) is 1.05. The predicted molar refractivity (Wildman–Crippen MR) is 265 cm³/mol. The molecule has 388 valence electrons. The van der Waals surface area contributed by atoms with Crippen molar-refractivity contribution in [2.24, 2.45) is 17.8 Å². The molecule has 4 amide bonds. The standard InChI is InChI=1S/C52H75ClN4O13/c1-31(44(61)47(64)67-13)28-41(59)39(16-14-15-26-54-48(65)69-51(7,8)9)56-45(62)32(2)29-42(60)43(33(3)68-50(4,5)6)57-46(63)37(25-27-55-49(66)70-52(10,11)12)30-40(58)36-19-17-34(18-20-36)35-21-23-38(53)24-22-35/h17-24,31-33,37,39,43H,14-16,25-30H2,1-13H3,(H,54,65)(H,55,66)(H,56,62)(H,57,63)/t31-,32-,33-,37-,39+,43+/m1/s1. The molecule has 18 heteroatoms. The minimum atomic E-state index is -1.31. The van der Waals surface area contributed by atoms with Crippen molar-refractivity contribution >= 4 is 64.7 Å². The number of esters is 1. The minimum Gasteiger partial charge on any atom is -0.463 e. The maximum Gasteiger partial charge on any atom is 0.407 e. The fraction of sp³-hybridized carbons (Fsp3) is 0.596. The van der Waals surface area contributed by atoms with Crippen molar-refractivity contribution in [3.63, 3.8) is 0 Å². The number of methoxy groups -OCH3 is 1. The second kappa shape index (κ2) is 27.6. The molecular formula is C52H75ClN4O13. The molecular weight excluding hydrogens is 924 g/mol. The quantitative estimate of drug-likeness (QED) is 0.0231. The molecule has 0 spiro atoms. The monoisotopic (exact) mass is 999 g/mol. The fourth-order valence-electron chi connectivity index (χ4n) is 7.14. The SMILES string of the molecule is COC(=O)C(=O)[C@H](C)CC(=O)[C@H](CCCCNC(=O)OC(C)(C)C)NC(=O)[C@H](C)CC(=O)[C@@H](NC(=O)[C@H](CCNC(=O)OC(C)(C)C)CC(=O)c1ccc(-c2ccc(Cl)cc2)cc1)[C@@H](C)OC(C)(C)C. The highest BCUT2D eigenvalue weighted by atomic mass is 35.5. The van der Waals surface area contributed by atoms with Gasteiger partial charge < -0.3 is 40.2 Å². The number of alkyl carbamates (subject to hydrolysis) is 2. The zero-order chi connectivity index (χ0) is 53.1. The summed E-state index contributed by atoms with van der Waals surface area (Å²) < 4.78 is 21.3. The summed E-state index contributed by atoms with van der Waals surface area (Å²) in [5.41, 5.74) is -0.203. The molecule has 2 aromatic carbocycles. The van der Waals surface area contributed by atoms with Crippen LogP contribution in [-0.4, -0.2) is 108 Å². The zero-order valence-electron chi connectivity index (χ0n) is 43.1. The molecule has 2 aromatic rings. The third-order valence-corrected chi connectivity index (χ3v) is 10.8. The number of ether oxygens (including phenoxy) is 4. The van der Waals surface area contributed by atoms with Crippen LogP contribution >= 0.6 is 11.6 Å². The van der Waals surface area contributed by atoms with Gasteiger partial charge in [0, 0.05) is 60.7 Å². The molecule has 0 bridgehead atoms. The Bertz CT molecular complexity index is 2120. The first-order valence-electron chi connectivity index (χ1n) is 23.7. The van der Waals surface area contributed by atoms with Gasteiger partial charge in [0.1, 0.15) is 17.2 Å². The largest absolute Gasteiger partial charge is 0.463 e. The van der Waals surface area contributed by atoms with Crippen LogP contribution < -0.4 is 21.3 Å². The molecule has 0 aromatic heterocycles. The summed E-state index contributed by atoms with van der Waals surface area (Å²) in [5, 5.41) is 11.4. The van der Waals surface area contributed by atoms with E-state index in [-0.39, 0.29) is 44.6 Å². The summed E-state index contributed by atoms with van der Waals surface area (Å²) >= 11 is 6.06. The maximum absolute atomic E-state index is 14.3. The highest BCUT2D eigenvalue weighted by Gasteiger charge is 2.36. The van der Waals surface area contributed by atoms with Crippen molar-refractivity contribution in [2.45, 2.75) is 163 Å². The number of ketones is 4. The Morgan fingerprint density at radius 3 is 1.61 bits per heavy atom. The van der Waals surface area contributed by atoms with Crippen LogP contribution in [0, 0.1) is 17.8 Å². The van der Waals surface area contributed by atoms with Gasteiger partial charge in [0.05, 0.1) is 24.9 Å². The van der Waals surface area contributed by atoms with Gasteiger partial charge in [0.15, 0.2) is 17.3 Å². The van der Waals surface area contributed by atoms with Crippen molar-refractivity contribution in [1.29, 1.82) is 0 Å². The third-order valence-electron chi connectivity index (χ3n) is 10.6. The number of halogens is 1. The Hall–Kier alpha value is -5.68. The van der Waals surface area contributed by atoms with Gasteiger partial charge in [-0.25, -0.2) is 14.4 Å². The molecule has 70 heavy (non-hydrogen) atoms. The summed E-state index contributed by atoms with van der Waals surface area (Å²) in [6.07, 6.45) is -2.50. The number of carbonyl (C=O) groups is 9. The lowest BCUT2D eigenvalue weighted by molar-refractivity contribution is -0.153. The van der Waals surface area contributed by atoms with Crippen LogP contribution in [-0.2, 0) is 47.7 Å². The normalized spacial score (nSPS) is 14.3. The Labute approximate surface area is 417 Å². The Balaban J connectivity index is 2.36. The predicted octanol–water partition coefficient (Wildman–Crippen LogP) is 7.91. The molecule has 0 heterocycles. The van der Waals surface area contributed by atoms with Crippen LogP contribution in [0.25, 0.3) is 11.1 Å². The van der Waals surface area contributed by atoms with Gasteiger partial charge in [-0.1, -0.05) is 61.8 Å². The van der Waals surface area contributed by atoms with Crippen LogP contribution in [0.4, 0.5) is 9.59 Å². The highest BCUT2D eigenvalue weighted by Crippen LogP contribution is 2.24. The molecule has 4 N–H and O–H groups in total. The van der Waals surface area contributed by atoms with Gasteiger partial charge >= 0.3 is 18.2 Å². The van der Waals surface area contributed by atoms with Gasteiger partial charge in [-0.15, -0.1) is 0 Å². The Morgan fingerprint density at radius 2 is 1.10 bits per heavy atom. The molecule has 0 aliphatic heterocycles. The van der Waals surface area contributed by atoms with E-state index in [1.165, 1.54) is 13.8 Å². The number of hydrogen-bond donors (Lipinski definition) is 4. The first-order chi connectivity index (χ1) is 32.4. The van der Waals surface area contributed by atoms with Gasteiger partial charge in [-0.05, 0) is 118 Å². The van der Waals surface area contributed by atoms with Crippen LogP contribution in [0.5, 0.6) is 0 Å². The van der Waals surface area contributed by atoms with E-state index in [1.807, 2.05) is 12.1 Å². The summed E-state index contributed by atoms with van der Waals surface area (Å²) in [6, 6.07) is 11.7. The van der Waals surface area contributed by atoms with Gasteiger partial charge in [0.25, 0.3) is 0 Å². The van der Waals surface area contributed by atoms with Gasteiger partial charge in [-0.2, -0.15) is 0 Å². The van der Waals surface area contributed by atoms with Crippen LogP contribution in [0.15, 0.2) is 48.5 Å². The van der Waals surface area contributed by atoms with Crippen molar-refractivity contribution in [1.82, 2.24) is 21.3 Å². The van der Waals surface area contributed by atoms with Crippen molar-refractivity contribution in [3.8, 4) is 11.1 Å². The average Bonchev–Trinajstić information content (AvgIpc) is 3.24. The molecule has 2 rings (SSSR count). The molecule has 0 radical (unpaired) electrons. The number of amides is 4. The Morgan fingerprint density at radius 1 is 0.586 bits per heavy atom. The first kappa shape index (κ1) is 60.4. The lowest BCUT2D eigenvalue weighted by atomic mass is 9.91. The Kier molecular flexibility index (Phi) is 23.9. The molecule has 0 aliphatic rings. The maximum atomic E-state index is 14.3. The van der Waals surface area contributed by atoms with Crippen LogP contribution in [0.2, 0.25) is 5.02 Å². The minimum absolute atomic E-state index is 0.00969. The average molecular weight is 1000 g/mol. The number of Topliss-reactive ketones (excluding diaryl/α,β-unsaturated/α-hetero) is 4. The zero-order valence-corrected chi connectivity index (χ0v) is 43.9. The molecule has 6 atom stereocenters. The summed E-state index contributed by atoms with van der Waals surface area (Å²) in [5.74, 6) is -7.95. The number of hydrogen-bond acceptors (Lipinski definition) is 13. The number of unbranched alkanes of at least 4 members (excludes halogenated alkanes) is 1.